The molecule has 1 fully saturated rings. The zero-order valence-electron chi connectivity index (χ0n) is 12.4. The SMILES string of the molecule is CCSc1cccc(OC2CCCC(OC)C2)c1CN. The lowest BCUT2D eigenvalue weighted by molar-refractivity contribution is 0.0206. The summed E-state index contributed by atoms with van der Waals surface area (Å²) in [6, 6.07) is 6.23. The Balaban J connectivity index is 2.10. The average molecular weight is 295 g/mol. The van der Waals surface area contributed by atoms with Gasteiger partial charge in [-0.1, -0.05) is 13.0 Å². The fourth-order valence-electron chi connectivity index (χ4n) is 2.75. The number of thioether (sulfide) groups is 1. The van der Waals surface area contributed by atoms with E-state index in [1.54, 1.807) is 7.11 Å². The molecule has 1 saturated carbocycles. The predicted molar refractivity (Wildman–Crippen MR) is 84.4 cm³/mol. The minimum absolute atomic E-state index is 0.251. The Kier molecular flexibility index (Phi) is 6.20. The van der Waals surface area contributed by atoms with E-state index in [-0.39, 0.29) is 6.10 Å². The van der Waals surface area contributed by atoms with E-state index in [0.717, 1.165) is 36.3 Å². The van der Waals surface area contributed by atoms with Gasteiger partial charge in [-0.05, 0) is 37.1 Å². The molecule has 2 rings (SSSR count). The zero-order valence-corrected chi connectivity index (χ0v) is 13.2. The van der Waals surface area contributed by atoms with Gasteiger partial charge < -0.3 is 15.2 Å². The van der Waals surface area contributed by atoms with E-state index in [0.29, 0.717) is 12.6 Å². The van der Waals surface area contributed by atoms with Gasteiger partial charge >= 0.3 is 0 Å². The van der Waals surface area contributed by atoms with Crippen LogP contribution in [0.5, 0.6) is 5.75 Å². The number of ether oxygens (including phenoxy) is 2. The first-order valence-corrected chi connectivity index (χ1v) is 8.41. The summed E-state index contributed by atoms with van der Waals surface area (Å²) >= 11 is 1.82. The van der Waals surface area contributed by atoms with Crippen molar-refractivity contribution in [2.45, 2.75) is 56.3 Å². The first kappa shape index (κ1) is 15.7. The van der Waals surface area contributed by atoms with Crippen molar-refractivity contribution < 1.29 is 9.47 Å². The highest BCUT2D eigenvalue weighted by Crippen LogP contribution is 2.32. The van der Waals surface area contributed by atoms with Crippen molar-refractivity contribution in [1.29, 1.82) is 0 Å². The third-order valence-electron chi connectivity index (χ3n) is 3.80. The molecule has 1 aromatic carbocycles. The molecule has 0 heterocycles. The van der Waals surface area contributed by atoms with Gasteiger partial charge in [-0.3, -0.25) is 0 Å². The number of rotatable bonds is 6. The molecule has 4 heteroatoms. The molecule has 1 aliphatic rings. The lowest BCUT2D eigenvalue weighted by Gasteiger charge is -2.29. The van der Waals surface area contributed by atoms with Crippen molar-refractivity contribution in [3.05, 3.63) is 23.8 Å². The Morgan fingerprint density at radius 2 is 2.10 bits per heavy atom. The van der Waals surface area contributed by atoms with Crippen LogP contribution < -0.4 is 10.5 Å². The molecular formula is C16H25NO2S. The summed E-state index contributed by atoms with van der Waals surface area (Å²) in [7, 11) is 1.79. The monoisotopic (exact) mass is 295 g/mol. The lowest BCUT2D eigenvalue weighted by atomic mass is 9.95. The molecule has 20 heavy (non-hydrogen) atoms. The van der Waals surface area contributed by atoms with Gasteiger partial charge in [0.25, 0.3) is 0 Å². The molecule has 112 valence electrons. The maximum absolute atomic E-state index is 6.22. The van der Waals surface area contributed by atoms with Gasteiger partial charge in [0.15, 0.2) is 0 Å². The van der Waals surface area contributed by atoms with Gasteiger partial charge in [0.05, 0.1) is 6.10 Å². The quantitative estimate of drug-likeness (QED) is 0.815. The van der Waals surface area contributed by atoms with Crippen LogP contribution in [0.1, 0.15) is 38.2 Å². The predicted octanol–water partition coefficient (Wildman–Crippen LogP) is 3.59. The Bertz CT molecular complexity index is 425. The van der Waals surface area contributed by atoms with Gasteiger partial charge in [0.2, 0.25) is 0 Å². The molecule has 0 aliphatic heterocycles. The smallest absolute Gasteiger partial charge is 0.125 e. The topological polar surface area (TPSA) is 44.5 Å². The third kappa shape index (κ3) is 3.90. The molecule has 1 aromatic rings. The van der Waals surface area contributed by atoms with Gasteiger partial charge in [0, 0.05) is 30.5 Å². The molecule has 2 atom stereocenters. The van der Waals surface area contributed by atoms with Crippen LogP contribution in [0.15, 0.2) is 23.1 Å². The van der Waals surface area contributed by atoms with Crippen molar-refractivity contribution in [3.8, 4) is 5.75 Å². The number of hydrogen-bond acceptors (Lipinski definition) is 4. The second-order valence-electron chi connectivity index (χ2n) is 5.13. The summed E-state index contributed by atoms with van der Waals surface area (Å²) in [6.45, 7) is 2.68. The largest absolute Gasteiger partial charge is 0.490 e. The van der Waals surface area contributed by atoms with Gasteiger partial charge in [-0.15, -0.1) is 11.8 Å². The Morgan fingerprint density at radius 1 is 1.30 bits per heavy atom. The molecule has 0 saturated heterocycles. The summed E-state index contributed by atoms with van der Waals surface area (Å²) in [4.78, 5) is 1.24. The van der Waals surface area contributed by atoms with Crippen LogP contribution in [0.4, 0.5) is 0 Å². The standard InChI is InChI=1S/C16H25NO2S/c1-3-20-16-9-5-8-15(14(16)11-17)19-13-7-4-6-12(10-13)18-2/h5,8-9,12-13H,3-4,6-7,10-11,17H2,1-2H3. The van der Waals surface area contributed by atoms with Crippen LogP contribution in [0.2, 0.25) is 0 Å². The molecule has 1 aliphatic carbocycles. The Morgan fingerprint density at radius 3 is 2.80 bits per heavy atom. The lowest BCUT2D eigenvalue weighted by Crippen LogP contribution is -2.29. The van der Waals surface area contributed by atoms with Crippen LogP contribution >= 0.6 is 11.8 Å². The molecule has 0 radical (unpaired) electrons. The highest BCUT2D eigenvalue weighted by Gasteiger charge is 2.24. The third-order valence-corrected chi connectivity index (χ3v) is 4.78. The van der Waals surface area contributed by atoms with Crippen LogP contribution in [-0.2, 0) is 11.3 Å². The summed E-state index contributed by atoms with van der Waals surface area (Å²) < 4.78 is 11.7. The molecule has 0 bridgehead atoms. The van der Waals surface area contributed by atoms with E-state index in [1.807, 2.05) is 17.8 Å². The van der Waals surface area contributed by atoms with E-state index < -0.39 is 0 Å². The first-order valence-electron chi connectivity index (χ1n) is 7.42. The van der Waals surface area contributed by atoms with Crippen molar-refractivity contribution in [2.75, 3.05) is 12.9 Å². The Hall–Kier alpha value is -0.710. The number of benzene rings is 1. The van der Waals surface area contributed by atoms with Crippen molar-refractivity contribution in [1.82, 2.24) is 0 Å². The zero-order chi connectivity index (χ0) is 14.4. The second-order valence-corrected chi connectivity index (χ2v) is 6.44. The molecular weight excluding hydrogens is 270 g/mol. The fourth-order valence-corrected chi connectivity index (χ4v) is 3.59. The van der Waals surface area contributed by atoms with Crippen molar-refractivity contribution in [2.24, 2.45) is 5.73 Å². The molecule has 0 aromatic heterocycles. The number of nitrogens with two attached hydrogens (primary N) is 1. The van der Waals surface area contributed by atoms with Crippen LogP contribution in [0.25, 0.3) is 0 Å². The summed E-state index contributed by atoms with van der Waals surface area (Å²) in [5.41, 5.74) is 7.06. The molecule has 0 spiro atoms. The minimum atomic E-state index is 0.251. The second kappa shape index (κ2) is 7.91. The van der Waals surface area contributed by atoms with Crippen LogP contribution in [0.3, 0.4) is 0 Å². The van der Waals surface area contributed by atoms with Gasteiger partial charge in [-0.2, -0.15) is 0 Å². The van der Waals surface area contributed by atoms with E-state index in [1.165, 1.54) is 11.3 Å². The van der Waals surface area contributed by atoms with Gasteiger partial charge in [-0.25, -0.2) is 0 Å². The van der Waals surface area contributed by atoms with Crippen LogP contribution in [-0.4, -0.2) is 25.1 Å². The fraction of sp³-hybridized carbons (Fsp3) is 0.625. The highest BCUT2D eigenvalue weighted by molar-refractivity contribution is 7.99. The number of hydrogen-bond donors (Lipinski definition) is 1. The minimum Gasteiger partial charge on any atom is -0.490 e. The number of methoxy groups -OCH3 is 1. The maximum atomic E-state index is 6.22. The van der Waals surface area contributed by atoms with E-state index in [4.69, 9.17) is 15.2 Å². The van der Waals surface area contributed by atoms with Crippen molar-refractivity contribution >= 4 is 11.8 Å². The highest BCUT2D eigenvalue weighted by atomic mass is 32.2. The summed E-state index contributed by atoms with van der Waals surface area (Å²) in [5.74, 6) is 2.00. The van der Waals surface area contributed by atoms with Crippen LogP contribution in [0, 0.1) is 0 Å². The molecule has 3 nitrogen and oxygen atoms in total. The molecule has 0 amide bonds. The van der Waals surface area contributed by atoms with E-state index in [2.05, 4.69) is 19.1 Å². The summed E-state index contributed by atoms with van der Waals surface area (Å²) in [5, 5.41) is 0. The normalized spacial score (nSPS) is 22.8. The van der Waals surface area contributed by atoms with E-state index in [9.17, 15) is 0 Å². The first-order chi connectivity index (χ1) is 9.78. The van der Waals surface area contributed by atoms with Crippen molar-refractivity contribution in [3.63, 3.8) is 0 Å². The maximum Gasteiger partial charge on any atom is 0.125 e. The average Bonchev–Trinajstić information content (AvgIpc) is 2.48. The van der Waals surface area contributed by atoms with Gasteiger partial charge in [0.1, 0.15) is 11.9 Å². The Labute approximate surface area is 126 Å². The molecule has 2 N–H and O–H groups in total. The summed E-state index contributed by atoms with van der Waals surface area (Å²) in [6.07, 6.45) is 4.99. The molecule has 2 unspecified atom stereocenters. The van der Waals surface area contributed by atoms with E-state index >= 15 is 0 Å².